The minimum Gasteiger partial charge on any atom is -0.337 e. The highest BCUT2D eigenvalue weighted by Crippen LogP contribution is 2.28. The summed E-state index contributed by atoms with van der Waals surface area (Å²) in [6, 6.07) is 10.3. The van der Waals surface area contributed by atoms with Gasteiger partial charge in [0.05, 0.1) is 15.9 Å². The lowest BCUT2D eigenvalue weighted by Gasteiger charge is -2.36. The molecule has 1 aliphatic heterocycles. The van der Waals surface area contributed by atoms with E-state index in [-0.39, 0.29) is 16.0 Å². The zero-order chi connectivity index (χ0) is 19.7. The van der Waals surface area contributed by atoms with Crippen LogP contribution in [0.1, 0.15) is 18.9 Å². The van der Waals surface area contributed by atoms with Crippen LogP contribution in [0, 0.1) is 0 Å². The van der Waals surface area contributed by atoms with Crippen LogP contribution in [0.4, 0.5) is 0 Å². The van der Waals surface area contributed by atoms with Crippen LogP contribution in [0.15, 0.2) is 51.2 Å². The molecule has 1 aliphatic rings. The fraction of sp³-hybridized carbons (Fsp3) is 0.333. The van der Waals surface area contributed by atoms with Crippen molar-refractivity contribution in [2.45, 2.75) is 17.9 Å². The molecule has 0 saturated carbocycles. The van der Waals surface area contributed by atoms with Crippen molar-refractivity contribution in [1.82, 2.24) is 19.3 Å². The van der Waals surface area contributed by atoms with Gasteiger partial charge < -0.3 is 4.52 Å². The van der Waals surface area contributed by atoms with E-state index in [1.807, 2.05) is 24.4 Å². The molecule has 1 unspecified atom stereocenters. The summed E-state index contributed by atoms with van der Waals surface area (Å²) in [4.78, 5) is 7.74. The molecule has 0 radical (unpaired) electrons. The first-order valence-electron chi connectivity index (χ1n) is 8.83. The molecular formula is C18H19ClN4O3S2. The van der Waals surface area contributed by atoms with Gasteiger partial charge in [0.15, 0.2) is 0 Å². The van der Waals surface area contributed by atoms with E-state index in [2.05, 4.69) is 15.0 Å². The lowest BCUT2D eigenvalue weighted by atomic mass is 10.2. The standard InChI is InChI=1S/C18H19ClN4O3S2/c1-13(18-20-17(21-26-18)15-6-4-12-27-15)22-8-10-23(11-9-22)28(24,25)16-7-3-2-5-14(16)19/h2-7,12-13H,8-11H2,1H3. The van der Waals surface area contributed by atoms with Gasteiger partial charge >= 0.3 is 0 Å². The monoisotopic (exact) mass is 438 g/mol. The van der Waals surface area contributed by atoms with Crippen LogP contribution in [-0.2, 0) is 10.0 Å². The number of aromatic nitrogens is 2. The predicted molar refractivity (Wildman–Crippen MR) is 108 cm³/mol. The molecule has 7 nitrogen and oxygen atoms in total. The summed E-state index contributed by atoms with van der Waals surface area (Å²) in [5.74, 6) is 1.11. The lowest BCUT2D eigenvalue weighted by Crippen LogP contribution is -2.49. The van der Waals surface area contributed by atoms with Crippen molar-refractivity contribution < 1.29 is 12.9 Å². The van der Waals surface area contributed by atoms with E-state index >= 15 is 0 Å². The topological polar surface area (TPSA) is 79.5 Å². The van der Waals surface area contributed by atoms with E-state index in [1.165, 1.54) is 10.4 Å². The molecule has 0 bridgehead atoms. The lowest BCUT2D eigenvalue weighted by molar-refractivity contribution is 0.124. The Morgan fingerprint density at radius 3 is 2.57 bits per heavy atom. The Kier molecular flexibility index (Phi) is 5.52. The van der Waals surface area contributed by atoms with Crippen LogP contribution in [0.2, 0.25) is 5.02 Å². The quantitative estimate of drug-likeness (QED) is 0.606. The van der Waals surface area contributed by atoms with Gasteiger partial charge in [-0.2, -0.15) is 9.29 Å². The maximum absolute atomic E-state index is 12.9. The highest BCUT2D eigenvalue weighted by molar-refractivity contribution is 7.89. The van der Waals surface area contributed by atoms with E-state index < -0.39 is 10.0 Å². The SMILES string of the molecule is CC(c1nc(-c2cccs2)no1)N1CCN(S(=O)(=O)c2ccccc2Cl)CC1. The highest BCUT2D eigenvalue weighted by Gasteiger charge is 2.32. The largest absolute Gasteiger partial charge is 0.337 e. The van der Waals surface area contributed by atoms with E-state index in [0.29, 0.717) is 37.9 Å². The van der Waals surface area contributed by atoms with Crippen molar-refractivity contribution in [2.75, 3.05) is 26.2 Å². The Labute approximate surface area is 172 Å². The van der Waals surface area contributed by atoms with E-state index in [4.69, 9.17) is 16.1 Å². The summed E-state index contributed by atoms with van der Waals surface area (Å²) in [6.07, 6.45) is 0. The molecule has 148 valence electrons. The van der Waals surface area contributed by atoms with Gasteiger partial charge in [-0.15, -0.1) is 11.3 Å². The summed E-state index contributed by atoms with van der Waals surface area (Å²) < 4.78 is 32.7. The fourth-order valence-electron chi connectivity index (χ4n) is 3.19. The van der Waals surface area contributed by atoms with Crippen LogP contribution in [0.25, 0.3) is 10.7 Å². The first-order valence-corrected chi connectivity index (χ1v) is 11.5. The Balaban J connectivity index is 1.43. The molecule has 0 N–H and O–H groups in total. The smallest absolute Gasteiger partial charge is 0.244 e. The summed E-state index contributed by atoms with van der Waals surface area (Å²) in [5, 5.41) is 6.26. The van der Waals surface area contributed by atoms with Gasteiger partial charge in [-0.25, -0.2) is 8.42 Å². The minimum atomic E-state index is -3.61. The maximum atomic E-state index is 12.9. The molecule has 10 heteroatoms. The zero-order valence-corrected chi connectivity index (χ0v) is 17.5. The second-order valence-corrected chi connectivity index (χ2v) is 9.74. The van der Waals surface area contributed by atoms with Crippen LogP contribution in [0.3, 0.4) is 0 Å². The second-order valence-electron chi connectivity index (χ2n) is 6.48. The van der Waals surface area contributed by atoms with Gasteiger partial charge in [0.25, 0.3) is 0 Å². The normalized spacial score (nSPS) is 17.6. The Bertz CT molecular complexity index is 1040. The predicted octanol–water partition coefficient (Wildman–Crippen LogP) is 3.52. The zero-order valence-electron chi connectivity index (χ0n) is 15.2. The van der Waals surface area contributed by atoms with E-state index in [1.54, 1.807) is 29.5 Å². The molecule has 0 spiro atoms. The van der Waals surface area contributed by atoms with Crippen LogP contribution in [0.5, 0.6) is 0 Å². The van der Waals surface area contributed by atoms with Gasteiger partial charge in [-0.1, -0.05) is 35.0 Å². The molecule has 28 heavy (non-hydrogen) atoms. The molecule has 0 aliphatic carbocycles. The number of rotatable bonds is 5. The molecular weight excluding hydrogens is 420 g/mol. The Morgan fingerprint density at radius 1 is 1.14 bits per heavy atom. The van der Waals surface area contributed by atoms with E-state index in [9.17, 15) is 8.42 Å². The van der Waals surface area contributed by atoms with Gasteiger partial charge in [0.2, 0.25) is 21.7 Å². The molecule has 0 amide bonds. The summed E-state index contributed by atoms with van der Waals surface area (Å²) in [6.45, 7) is 3.89. The number of benzene rings is 1. The van der Waals surface area contributed by atoms with Crippen LogP contribution >= 0.6 is 22.9 Å². The molecule has 4 rings (SSSR count). The molecule has 2 aromatic heterocycles. The van der Waals surface area contributed by atoms with E-state index in [0.717, 1.165) is 4.88 Å². The summed E-state index contributed by atoms with van der Waals surface area (Å²) >= 11 is 7.64. The van der Waals surface area contributed by atoms with Crippen LogP contribution < -0.4 is 0 Å². The Morgan fingerprint density at radius 2 is 1.89 bits per heavy atom. The highest BCUT2D eigenvalue weighted by atomic mass is 35.5. The third-order valence-corrected chi connectivity index (χ3v) is 8.08. The third-order valence-electron chi connectivity index (χ3n) is 4.82. The van der Waals surface area contributed by atoms with Crippen molar-refractivity contribution >= 4 is 33.0 Å². The molecule has 1 fully saturated rings. The molecule has 1 atom stereocenters. The van der Waals surface area contributed by atoms with Gasteiger partial charge in [0, 0.05) is 26.2 Å². The number of thiophene rings is 1. The number of sulfonamides is 1. The van der Waals surface area contributed by atoms with Crippen molar-refractivity contribution in [1.29, 1.82) is 0 Å². The summed E-state index contributed by atoms with van der Waals surface area (Å²) in [5.41, 5.74) is 0. The number of hydrogen-bond acceptors (Lipinski definition) is 7. The van der Waals surface area contributed by atoms with Crippen molar-refractivity contribution in [3.63, 3.8) is 0 Å². The number of halogens is 1. The second kappa shape index (κ2) is 7.92. The number of piperazine rings is 1. The average molecular weight is 439 g/mol. The maximum Gasteiger partial charge on any atom is 0.244 e. The Hall–Kier alpha value is -1.78. The van der Waals surface area contributed by atoms with Crippen LogP contribution in [-0.4, -0.2) is 53.9 Å². The molecule has 1 aromatic carbocycles. The molecule has 3 aromatic rings. The van der Waals surface area contributed by atoms with Gasteiger partial charge in [0.1, 0.15) is 4.90 Å². The first-order chi connectivity index (χ1) is 13.5. The number of hydrogen-bond donors (Lipinski definition) is 0. The number of nitrogens with zero attached hydrogens (tertiary/aromatic N) is 4. The first kappa shape index (κ1) is 19.5. The third kappa shape index (κ3) is 3.72. The fourth-order valence-corrected chi connectivity index (χ4v) is 5.76. The van der Waals surface area contributed by atoms with Crippen molar-refractivity contribution in [3.8, 4) is 10.7 Å². The van der Waals surface area contributed by atoms with Gasteiger partial charge in [-0.3, -0.25) is 4.90 Å². The molecule has 3 heterocycles. The molecule has 1 saturated heterocycles. The van der Waals surface area contributed by atoms with Crippen molar-refractivity contribution in [2.24, 2.45) is 0 Å². The van der Waals surface area contributed by atoms with Crippen molar-refractivity contribution in [3.05, 3.63) is 52.7 Å². The average Bonchev–Trinajstić information content (AvgIpc) is 3.39. The van der Waals surface area contributed by atoms with Gasteiger partial charge in [-0.05, 0) is 30.5 Å². The summed E-state index contributed by atoms with van der Waals surface area (Å²) in [7, 11) is -3.61. The minimum absolute atomic E-state index is 0.0913.